The van der Waals surface area contributed by atoms with E-state index in [0.29, 0.717) is 40.9 Å². The molecular formula is C28H30N4O5S2. The van der Waals surface area contributed by atoms with Crippen LogP contribution in [-0.2, 0) is 21.1 Å². The Balaban J connectivity index is 1.56. The standard InChI is InChI=1S/C28H30N4O5S2/c1-19-6-4-12-30-26(19)20-14-21(16-24(15-20)37-23-7-9-25(10-8-23)39(3,34)35)27(33)32-28-31-22(18-38-28)17-29-11-5-13-36-2/h4,6-10,12,14-16,18,29H,5,11,13,17H2,1-3H3,(H,31,32,33). The Bertz CT molecular complexity index is 1540. The molecule has 9 nitrogen and oxygen atoms in total. The van der Waals surface area contributed by atoms with Gasteiger partial charge in [-0.25, -0.2) is 13.4 Å². The van der Waals surface area contributed by atoms with Crippen molar-refractivity contribution >= 4 is 32.2 Å². The molecule has 0 aliphatic rings. The lowest BCUT2D eigenvalue weighted by Crippen LogP contribution is -2.16. The second kappa shape index (κ2) is 12.9. The number of anilines is 1. The largest absolute Gasteiger partial charge is 0.457 e. The maximum absolute atomic E-state index is 13.3. The molecule has 0 saturated heterocycles. The zero-order chi connectivity index (χ0) is 27.8. The van der Waals surface area contributed by atoms with Gasteiger partial charge in [-0.1, -0.05) is 6.07 Å². The maximum atomic E-state index is 13.3. The summed E-state index contributed by atoms with van der Waals surface area (Å²) in [4.78, 5) is 22.5. The Labute approximate surface area is 232 Å². The molecule has 2 aromatic heterocycles. The molecular weight excluding hydrogens is 536 g/mol. The van der Waals surface area contributed by atoms with Gasteiger partial charge in [0.15, 0.2) is 15.0 Å². The van der Waals surface area contributed by atoms with Crippen LogP contribution < -0.4 is 15.4 Å². The number of hydrogen-bond acceptors (Lipinski definition) is 9. The minimum absolute atomic E-state index is 0.195. The fraction of sp³-hybridized carbons (Fsp3) is 0.250. The highest BCUT2D eigenvalue weighted by Crippen LogP contribution is 2.31. The van der Waals surface area contributed by atoms with Crippen LogP contribution in [0.4, 0.5) is 5.13 Å². The number of thiazole rings is 1. The van der Waals surface area contributed by atoms with Crippen molar-refractivity contribution in [2.24, 2.45) is 0 Å². The highest BCUT2D eigenvalue weighted by Gasteiger charge is 2.15. The topological polar surface area (TPSA) is 120 Å². The van der Waals surface area contributed by atoms with Crippen molar-refractivity contribution in [3.8, 4) is 22.8 Å². The van der Waals surface area contributed by atoms with Crippen molar-refractivity contribution in [3.63, 3.8) is 0 Å². The molecule has 39 heavy (non-hydrogen) atoms. The molecule has 0 atom stereocenters. The Morgan fingerprint density at radius 1 is 1.08 bits per heavy atom. The number of carbonyl (C=O) groups is 1. The predicted molar refractivity (Wildman–Crippen MR) is 152 cm³/mol. The Hall–Kier alpha value is -3.64. The first-order chi connectivity index (χ1) is 18.7. The quantitative estimate of drug-likeness (QED) is 0.228. The van der Waals surface area contributed by atoms with E-state index in [0.717, 1.165) is 36.2 Å². The Kier molecular flexibility index (Phi) is 9.41. The third-order valence-corrected chi connectivity index (χ3v) is 7.65. The smallest absolute Gasteiger partial charge is 0.257 e. The molecule has 0 saturated carbocycles. The van der Waals surface area contributed by atoms with Crippen molar-refractivity contribution in [2.75, 3.05) is 31.8 Å². The molecule has 0 aliphatic carbocycles. The molecule has 4 rings (SSSR count). The first-order valence-electron chi connectivity index (χ1n) is 12.2. The number of carbonyl (C=O) groups excluding carboxylic acids is 1. The number of aryl methyl sites for hydroxylation is 1. The molecule has 0 bridgehead atoms. The average molecular weight is 567 g/mol. The third kappa shape index (κ3) is 7.93. The summed E-state index contributed by atoms with van der Waals surface area (Å²) in [5, 5.41) is 8.58. The molecule has 0 radical (unpaired) electrons. The van der Waals surface area contributed by atoms with Crippen molar-refractivity contribution in [1.82, 2.24) is 15.3 Å². The van der Waals surface area contributed by atoms with Crippen LogP contribution in [-0.4, -0.2) is 50.8 Å². The lowest BCUT2D eigenvalue weighted by molar-refractivity contribution is 0.102. The minimum Gasteiger partial charge on any atom is -0.457 e. The van der Waals surface area contributed by atoms with Gasteiger partial charge in [-0.15, -0.1) is 11.3 Å². The SMILES string of the molecule is COCCCNCc1csc(NC(=O)c2cc(Oc3ccc(S(C)(=O)=O)cc3)cc(-c3ncccc3C)c2)n1. The summed E-state index contributed by atoms with van der Waals surface area (Å²) in [7, 11) is -1.65. The maximum Gasteiger partial charge on any atom is 0.257 e. The van der Waals surface area contributed by atoms with Crippen LogP contribution in [0.1, 0.15) is 28.0 Å². The minimum atomic E-state index is -3.33. The van der Waals surface area contributed by atoms with Gasteiger partial charge >= 0.3 is 0 Å². The first kappa shape index (κ1) is 28.4. The molecule has 2 aromatic carbocycles. The molecule has 0 spiro atoms. The summed E-state index contributed by atoms with van der Waals surface area (Å²) in [6, 6.07) is 15.1. The lowest BCUT2D eigenvalue weighted by Gasteiger charge is -2.12. The number of pyridine rings is 1. The van der Waals surface area contributed by atoms with Crippen molar-refractivity contribution in [2.45, 2.75) is 24.8 Å². The van der Waals surface area contributed by atoms with Crippen LogP contribution in [0.2, 0.25) is 0 Å². The fourth-order valence-electron chi connectivity index (χ4n) is 3.78. The molecule has 0 aliphatic heterocycles. The number of methoxy groups -OCH3 is 1. The van der Waals surface area contributed by atoms with E-state index in [1.165, 1.54) is 23.5 Å². The zero-order valence-corrected chi connectivity index (χ0v) is 23.6. The fourth-order valence-corrected chi connectivity index (χ4v) is 5.11. The highest BCUT2D eigenvalue weighted by atomic mass is 32.2. The van der Waals surface area contributed by atoms with Crippen LogP contribution in [0, 0.1) is 6.92 Å². The molecule has 11 heteroatoms. The van der Waals surface area contributed by atoms with Crippen LogP contribution in [0.3, 0.4) is 0 Å². The van der Waals surface area contributed by atoms with E-state index in [1.54, 1.807) is 43.6 Å². The first-order valence-corrected chi connectivity index (χ1v) is 15.0. The van der Waals surface area contributed by atoms with Crippen molar-refractivity contribution < 1.29 is 22.7 Å². The van der Waals surface area contributed by atoms with Gasteiger partial charge in [0.1, 0.15) is 11.5 Å². The molecule has 2 N–H and O–H groups in total. The molecule has 0 unspecified atom stereocenters. The second-order valence-electron chi connectivity index (χ2n) is 8.88. The van der Waals surface area contributed by atoms with Gasteiger partial charge in [0, 0.05) is 49.2 Å². The van der Waals surface area contributed by atoms with Gasteiger partial charge < -0.3 is 14.8 Å². The number of ether oxygens (including phenoxy) is 2. The van der Waals surface area contributed by atoms with Crippen LogP contribution in [0.25, 0.3) is 11.3 Å². The van der Waals surface area contributed by atoms with Gasteiger partial charge in [-0.2, -0.15) is 0 Å². The lowest BCUT2D eigenvalue weighted by atomic mass is 10.0. The van der Waals surface area contributed by atoms with E-state index in [4.69, 9.17) is 9.47 Å². The monoisotopic (exact) mass is 566 g/mol. The molecule has 204 valence electrons. The number of rotatable bonds is 12. The normalized spacial score (nSPS) is 11.4. The number of amides is 1. The summed E-state index contributed by atoms with van der Waals surface area (Å²) in [6.07, 6.45) is 3.75. The Morgan fingerprint density at radius 3 is 2.59 bits per heavy atom. The number of hydrogen-bond donors (Lipinski definition) is 2. The number of nitrogens with one attached hydrogen (secondary N) is 2. The number of benzene rings is 2. The summed E-state index contributed by atoms with van der Waals surface area (Å²) >= 11 is 1.35. The third-order valence-electron chi connectivity index (χ3n) is 5.72. The van der Waals surface area contributed by atoms with Gasteiger partial charge in [0.05, 0.1) is 16.3 Å². The van der Waals surface area contributed by atoms with Gasteiger partial charge in [-0.05, 0) is 74.0 Å². The highest BCUT2D eigenvalue weighted by molar-refractivity contribution is 7.90. The Morgan fingerprint density at radius 2 is 1.87 bits per heavy atom. The molecule has 0 fully saturated rings. The summed E-state index contributed by atoms with van der Waals surface area (Å²) in [6.45, 7) is 4.05. The van der Waals surface area contributed by atoms with E-state index in [9.17, 15) is 13.2 Å². The van der Waals surface area contributed by atoms with E-state index in [-0.39, 0.29) is 10.8 Å². The average Bonchev–Trinajstić information content (AvgIpc) is 3.35. The van der Waals surface area contributed by atoms with Gasteiger partial charge in [0.2, 0.25) is 0 Å². The number of nitrogens with zero attached hydrogens (tertiary/aromatic N) is 2. The number of aromatic nitrogens is 2. The summed E-state index contributed by atoms with van der Waals surface area (Å²) < 4.78 is 34.7. The van der Waals surface area contributed by atoms with Gasteiger partial charge in [-0.3, -0.25) is 15.1 Å². The van der Waals surface area contributed by atoms with Crippen LogP contribution in [0.5, 0.6) is 11.5 Å². The van der Waals surface area contributed by atoms with E-state index >= 15 is 0 Å². The van der Waals surface area contributed by atoms with Crippen molar-refractivity contribution in [3.05, 3.63) is 83.0 Å². The molecule has 2 heterocycles. The van der Waals surface area contributed by atoms with E-state index < -0.39 is 9.84 Å². The number of sulfone groups is 1. The van der Waals surface area contributed by atoms with Gasteiger partial charge in [0.25, 0.3) is 5.91 Å². The van der Waals surface area contributed by atoms with Crippen molar-refractivity contribution in [1.29, 1.82) is 0 Å². The van der Waals surface area contributed by atoms with E-state index in [1.807, 2.05) is 24.4 Å². The van der Waals surface area contributed by atoms with Crippen LogP contribution in [0.15, 0.2) is 71.1 Å². The predicted octanol–water partition coefficient (Wildman–Crippen LogP) is 5.09. The molecule has 4 aromatic rings. The summed E-state index contributed by atoms with van der Waals surface area (Å²) in [5.74, 6) is 0.512. The van der Waals surface area contributed by atoms with E-state index in [2.05, 4.69) is 20.6 Å². The zero-order valence-electron chi connectivity index (χ0n) is 21.9. The molecule has 1 amide bonds. The summed E-state index contributed by atoms with van der Waals surface area (Å²) in [5.41, 5.74) is 3.59. The second-order valence-corrected chi connectivity index (χ2v) is 11.8. The van der Waals surface area contributed by atoms with Crippen LogP contribution >= 0.6 is 11.3 Å².